The average molecular weight is 512 g/mol. The maximum Gasteiger partial charge on any atom is 0.250 e. The Morgan fingerprint density at radius 3 is 2.53 bits per heavy atom. The number of nitrogens with zero attached hydrogens (tertiary/aromatic N) is 1. The van der Waals surface area contributed by atoms with Crippen LogP contribution in [0.1, 0.15) is 32.1 Å². The molecule has 36 heavy (non-hydrogen) atoms. The first-order chi connectivity index (χ1) is 17.5. The largest absolute Gasteiger partial charge is 0.396 e. The molecule has 5 atom stereocenters. The number of benzene rings is 2. The molecule has 2 bridgehead atoms. The third-order valence-electron chi connectivity index (χ3n) is 7.58. The Morgan fingerprint density at radius 2 is 1.78 bits per heavy atom. The highest BCUT2D eigenvalue weighted by Crippen LogP contribution is 2.58. The number of anilines is 2. The zero-order valence-electron chi connectivity index (χ0n) is 19.9. The molecule has 3 heterocycles. The maximum atomic E-state index is 13.8. The molecule has 2 aromatic rings. The van der Waals surface area contributed by atoms with Crippen molar-refractivity contribution >= 4 is 40.7 Å². The highest BCUT2D eigenvalue weighted by Gasteiger charge is 2.74. The quantitative estimate of drug-likeness (QED) is 0.447. The lowest BCUT2D eigenvalue weighted by Crippen LogP contribution is -2.53. The monoisotopic (exact) mass is 511 g/mol. The molecule has 8 nitrogen and oxygen atoms in total. The number of likely N-dealkylation sites (tertiary alicyclic amines) is 1. The molecular weight excluding hydrogens is 482 g/mol. The molecule has 3 aliphatic rings. The molecule has 3 amide bonds. The number of para-hydroxylation sites is 2. The minimum absolute atomic E-state index is 0.0729. The zero-order valence-corrected chi connectivity index (χ0v) is 20.6. The van der Waals surface area contributed by atoms with Crippen molar-refractivity contribution in [3.05, 3.63) is 59.6 Å². The number of nitrogens with one attached hydrogen (secondary N) is 2. The fourth-order valence-electron chi connectivity index (χ4n) is 6.08. The van der Waals surface area contributed by atoms with Gasteiger partial charge in [-0.25, -0.2) is 0 Å². The Morgan fingerprint density at radius 1 is 1.03 bits per heavy atom. The molecule has 9 heteroatoms. The van der Waals surface area contributed by atoms with E-state index in [4.69, 9.17) is 21.4 Å². The van der Waals surface area contributed by atoms with Gasteiger partial charge in [0, 0.05) is 18.8 Å². The molecule has 5 rings (SSSR count). The van der Waals surface area contributed by atoms with Gasteiger partial charge in [0.05, 0.1) is 28.6 Å². The van der Waals surface area contributed by atoms with Crippen LogP contribution >= 0.6 is 11.6 Å². The van der Waals surface area contributed by atoms with E-state index in [2.05, 4.69) is 10.6 Å². The normalized spacial score (nSPS) is 28.3. The van der Waals surface area contributed by atoms with Crippen LogP contribution in [0, 0.1) is 11.8 Å². The van der Waals surface area contributed by atoms with Gasteiger partial charge in [-0.1, -0.05) is 41.9 Å². The lowest BCUT2D eigenvalue weighted by atomic mass is 9.70. The highest BCUT2D eigenvalue weighted by molar-refractivity contribution is 6.33. The van der Waals surface area contributed by atoms with Gasteiger partial charge in [0.1, 0.15) is 11.6 Å². The summed E-state index contributed by atoms with van der Waals surface area (Å²) in [5.74, 6) is -2.28. The van der Waals surface area contributed by atoms with Crippen LogP contribution in [0.25, 0.3) is 0 Å². The minimum atomic E-state index is -1.07. The second-order valence-electron chi connectivity index (χ2n) is 9.70. The van der Waals surface area contributed by atoms with Gasteiger partial charge in [0.25, 0.3) is 0 Å². The van der Waals surface area contributed by atoms with Crippen molar-refractivity contribution in [2.75, 3.05) is 23.8 Å². The Labute approximate surface area is 215 Å². The van der Waals surface area contributed by atoms with Crippen LogP contribution in [0.4, 0.5) is 11.4 Å². The highest BCUT2D eigenvalue weighted by atomic mass is 35.5. The molecule has 1 spiro atoms. The number of rotatable bonds is 9. The van der Waals surface area contributed by atoms with E-state index in [0.29, 0.717) is 48.6 Å². The summed E-state index contributed by atoms with van der Waals surface area (Å²) in [6, 6.07) is 15.2. The number of fused-ring (bicyclic) bond motifs is 1. The van der Waals surface area contributed by atoms with Gasteiger partial charge in [-0.15, -0.1) is 0 Å². The van der Waals surface area contributed by atoms with Crippen molar-refractivity contribution in [2.45, 2.75) is 49.9 Å². The number of carbonyl (C=O) groups excluding carboxylic acids is 3. The molecule has 190 valence electrons. The summed E-state index contributed by atoms with van der Waals surface area (Å²) in [5, 5.41) is 15.4. The topological polar surface area (TPSA) is 108 Å². The number of ether oxygens (including phenoxy) is 1. The SMILES string of the molecule is O=C(Nc1ccccc1Cl)C1N(CCCCCO)C(=O)[C@@H]2[C@H](C(=O)Nc3ccccc3)[C@@H]3CCC12O3. The van der Waals surface area contributed by atoms with Crippen molar-refractivity contribution in [1.29, 1.82) is 0 Å². The van der Waals surface area contributed by atoms with Crippen molar-refractivity contribution in [2.24, 2.45) is 11.8 Å². The Balaban J connectivity index is 1.44. The zero-order chi connectivity index (χ0) is 25.3. The Bertz CT molecular complexity index is 1150. The van der Waals surface area contributed by atoms with Crippen LogP contribution in [0.5, 0.6) is 0 Å². The van der Waals surface area contributed by atoms with Crippen LogP contribution < -0.4 is 10.6 Å². The summed E-state index contributed by atoms with van der Waals surface area (Å²) in [6.07, 6.45) is 2.68. The maximum absolute atomic E-state index is 13.8. The number of aliphatic hydroxyl groups is 1. The number of aliphatic hydroxyl groups excluding tert-OH is 1. The van der Waals surface area contributed by atoms with Crippen LogP contribution in [0.3, 0.4) is 0 Å². The van der Waals surface area contributed by atoms with Crippen LogP contribution in [0.2, 0.25) is 5.02 Å². The minimum Gasteiger partial charge on any atom is -0.396 e. The first-order valence-electron chi connectivity index (χ1n) is 12.5. The molecule has 2 unspecified atom stereocenters. The first kappa shape index (κ1) is 24.7. The first-order valence-corrected chi connectivity index (χ1v) is 12.8. The standard InChI is InChI=1S/C27H30ClN3O5/c28-18-11-5-6-12-19(18)30-25(34)23-27-14-13-20(36-27)21(24(33)29-17-9-3-1-4-10-17)22(27)26(35)31(23)15-7-2-8-16-32/h1,3-6,9-12,20-23,32H,2,7-8,13-16H2,(H,29,33)(H,30,34)/t20-,21+,22-,23?,27?/m0/s1. The van der Waals surface area contributed by atoms with Gasteiger partial charge in [-0.05, 0) is 56.4 Å². The lowest BCUT2D eigenvalue weighted by Gasteiger charge is -2.33. The van der Waals surface area contributed by atoms with E-state index in [1.54, 1.807) is 41.3 Å². The van der Waals surface area contributed by atoms with E-state index >= 15 is 0 Å². The predicted molar refractivity (Wildman–Crippen MR) is 135 cm³/mol. The van der Waals surface area contributed by atoms with Crippen LogP contribution in [0.15, 0.2) is 54.6 Å². The molecular formula is C27H30ClN3O5. The van der Waals surface area contributed by atoms with Gasteiger partial charge < -0.3 is 25.4 Å². The van der Waals surface area contributed by atoms with Crippen molar-refractivity contribution < 1.29 is 24.2 Å². The molecule has 2 aromatic carbocycles. The van der Waals surface area contributed by atoms with Gasteiger partial charge in [0.15, 0.2) is 0 Å². The number of amides is 3. The van der Waals surface area contributed by atoms with Crippen molar-refractivity contribution in [3.63, 3.8) is 0 Å². The Kier molecular flexibility index (Phi) is 7.01. The van der Waals surface area contributed by atoms with E-state index in [0.717, 1.165) is 6.42 Å². The third-order valence-corrected chi connectivity index (χ3v) is 7.91. The molecule has 3 aliphatic heterocycles. The molecule has 0 saturated carbocycles. The van der Waals surface area contributed by atoms with Crippen LogP contribution in [-0.4, -0.2) is 58.6 Å². The van der Waals surface area contributed by atoms with Gasteiger partial charge in [-0.2, -0.15) is 0 Å². The van der Waals surface area contributed by atoms with E-state index in [1.165, 1.54) is 0 Å². The third kappa shape index (κ3) is 4.27. The van der Waals surface area contributed by atoms with E-state index in [-0.39, 0.29) is 24.3 Å². The number of hydrogen-bond donors (Lipinski definition) is 3. The summed E-state index contributed by atoms with van der Waals surface area (Å²) < 4.78 is 6.43. The summed E-state index contributed by atoms with van der Waals surface area (Å²) >= 11 is 6.29. The van der Waals surface area contributed by atoms with E-state index in [1.807, 2.05) is 18.2 Å². The summed E-state index contributed by atoms with van der Waals surface area (Å²) in [7, 11) is 0. The molecule has 0 radical (unpaired) electrons. The Hall–Kier alpha value is -2.94. The van der Waals surface area contributed by atoms with Gasteiger partial charge >= 0.3 is 0 Å². The number of hydrogen-bond acceptors (Lipinski definition) is 5. The lowest BCUT2D eigenvalue weighted by molar-refractivity contribution is -0.139. The van der Waals surface area contributed by atoms with E-state index in [9.17, 15) is 14.4 Å². The molecule has 3 fully saturated rings. The van der Waals surface area contributed by atoms with Crippen LogP contribution in [-0.2, 0) is 19.1 Å². The number of halogens is 1. The number of carbonyl (C=O) groups is 3. The van der Waals surface area contributed by atoms with E-state index < -0.39 is 29.6 Å². The summed E-state index contributed by atoms with van der Waals surface area (Å²) in [4.78, 5) is 42.5. The fourth-order valence-corrected chi connectivity index (χ4v) is 6.26. The number of unbranched alkanes of at least 4 members (excludes halogenated alkanes) is 2. The van der Waals surface area contributed by atoms with Gasteiger partial charge in [-0.3, -0.25) is 14.4 Å². The molecule has 3 N–H and O–H groups in total. The molecule has 3 saturated heterocycles. The summed E-state index contributed by atoms with van der Waals surface area (Å²) in [5.41, 5.74) is 0.0456. The average Bonchev–Trinajstić information content (AvgIpc) is 3.51. The fraction of sp³-hybridized carbons (Fsp3) is 0.444. The molecule has 0 aromatic heterocycles. The van der Waals surface area contributed by atoms with Crippen molar-refractivity contribution in [1.82, 2.24) is 4.90 Å². The summed E-state index contributed by atoms with van der Waals surface area (Å²) in [6.45, 7) is 0.419. The molecule has 0 aliphatic carbocycles. The second kappa shape index (κ2) is 10.2. The predicted octanol–water partition coefficient (Wildman–Crippen LogP) is 3.45. The smallest absolute Gasteiger partial charge is 0.250 e. The van der Waals surface area contributed by atoms with Gasteiger partial charge in [0.2, 0.25) is 17.7 Å². The van der Waals surface area contributed by atoms with Crippen molar-refractivity contribution in [3.8, 4) is 0 Å². The second-order valence-corrected chi connectivity index (χ2v) is 10.1.